The first-order chi connectivity index (χ1) is 9.39. The molecule has 1 aliphatic rings. The summed E-state index contributed by atoms with van der Waals surface area (Å²) in [4.78, 5) is 13.7. The Morgan fingerprint density at radius 1 is 1.40 bits per heavy atom. The Labute approximate surface area is 119 Å². The summed E-state index contributed by atoms with van der Waals surface area (Å²) in [6.07, 6.45) is 0.964. The number of sulfone groups is 1. The van der Waals surface area contributed by atoms with Crippen molar-refractivity contribution in [2.24, 2.45) is 5.73 Å². The number of hydrogen-bond donors (Lipinski definition) is 1. The third-order valence-corrected chi connectivity index (χ3v) is 5.47. The molecule has 2 N–H and O–H groups in total. The number of carbonyl (C=O) groups is 1. The fourth-order valence-corrected chi connectivity index (χ4v) is 4.25. The van der Waals surface area contributed by atoms with E-state index in [0.717, 1.165) is 5.56 Å². The van der Waals surface area contributed by atoms with Gasteiger partial charge < -0.3 is 10.6 Å². The maximum Gasteiger partial charge on any atom is 0.239 e. The average molecular weight is 296 g/mol. The Kier molecular flexibility index (Phi) is 4.45. The Morgan fingerprint density at radius 2 is 2.05 bits per heavy atom. The Morgan fingerprint density at radius 3 is 2.60 bits per heavy atom. The van der Waals surface area contributed by atoms with Crippen molar-refractivity contribution in [3.8, 4) is 0 Å². The van der Waals surface area contributed by atoms with Crippen molar-refractivity contribution in [3.05, 3.63) is 35.9 Å². The minimum Gasteiger partial charge on any atom is -0.340 e. The van der Waals surface area contributed by atoms with Gasteiger partial charge in [-0.3, -0.25) is 4.79 Å². The molecule has 6 heteroatoms. The number of amides is 1. The first-order valence-corrected chi connectivity index (χ1v) is 8.48. The van der Waals surface area contributed by atoms with Gasteiger partial charge in [-0.2, -0.15) is 0 Å². The average Bonchev–Trinajstić information content (AvgIpc) is 2.78. The summed E-state index contributed by atoms with van der Waals surface area (Å²) in [6.45, 7) is 0. The molecular weight excluding hydrogens is 276 g/mol. The van der Waals surface area contributed by atoms with E-state index in [1.54, 1.807) is 7.05 Å². The molecule has 1 heterocycles. The van der Waals surface area contributed by atoms with Crippen LogP contribution >= 0.6 is 0 Å². The second-order valence-corrected chi connectivity index (χ2v) is 7.53. The van der Waals surface area contributed by atoms with Gasteiger partial charge in [0.15, 0.2) is 9.84 Å². The van der Waals surface area contributed by atoms with Crippen LogP contribution in [0.2, 0.25) is 0 Å². The van der Waals surface area contributed by atoms with Crippen LogP contribution in [0.4, 0.5) is 0 Å². The van der Waals surface area contributed by atoms with E-state index >= 15 is 0 Å². The first kappa shape index (κ1) is 15.0. The normalized spacial score (nSPS) is 22.4. The van der Waals surface area contributed by atoms with Crippen molar-refractivity contribution in [1.29, 1.82) is 0 Å². The fraction of sp³-hybridized carbons (Fsp3) is 0.500. The Balaban J connectivity index is 1.97. The third kappa shape index (κ3) is 3.58. The number of hydrogen-bond acceptors (Lipinski definition) is 4. The lowest BCUT2D eigenvalue weighted by molar-refractivity contribution is -0.132. The molecule has 2 rings (SSSR count). The number of carbonyl (C=O) groups excluding carboxylic acids is 1. The van der Waals surface area contributed by atoms with Crippen LogP contribution in [0.1, 0.15) is 12.0 Å². The second-order valence-electron chi connectivity index (χ2n) is 5.30. The zero-order valence-corrected chi connectivity index (χ0v) is 12.3. The highest BCUT2D eigenvalue weighted by molar-refractivity contribution is 7.91. The molecule has 1 fully saturated rings. The first-order valence-electron chi connectivity index (χ1n) is 6.65. The minimum atomic E-state index is -2.99. The molecule has 20 heavy (non-hydrogen) atoms. The third-order valence-electron chi connectivity index (χ3n) is 3.72. The predicted molar refractivity (Wildman–Crippen MR) is 78.0 cm³/mol. The number of benzene rings is 1. The molecule has 1 amide bonds. The second kappa shape index (κ2) is 5.93. The molecule has 0 aromatic heterocycles. The summed E-state index contributed by atoms with van der Waals surface area (Å²) in [5, 5.41) is 0. The van der Waals surface area contributed by atoms with E-state index in [4.69, 9.17) is 5.73 Å². The lowest BCUT2D eigenvalue weighted by Crippen LogP contribution is -2.47. The van der Waals surface area contributed by atoms with E-state index < -0.39 is 15.9 Å². The molecule has 0 saturated carbocycles. The molecular formula is C14H20N2O3S. The minimum absolute atomic E-state index is 0.0489. The number of likely N-dealkylation sites (N-methyl/N-ethyl adjacent to an activating group) is 1. The molecule has 1 saturated heterocycles. The van der Waals surface area contributed by atoms with E-state index in [1.165, 1.54) is 4.90 Å². The Hall–Kier alpha value is -1.40. The van der Waals surface area contributed by atoms with Crippen LogP contribution in [0, 0.1) is 0 Å². The van der Waals surface area contributed by atoms with Gasteiger partial charge in [-0.1, -0.05) is 30.3 Å². The molecule has 0 spiro atoms. The summed E-state index contributed by atoms with van der Waals surface area (Å²) >= 11 is 0. The van der Waals surface area contributed by atoms with Crippen molar-refractivity contribution in [1.82, 2.24) is 4.90 Å². The zero-order valence-electron chi connectivity index (χ0n) is 11.5. The monoisotopic (exact) mass is 296 g/mol. The maximum atomic E-state index is 12.3. The van der Waals surface area contributed by atoms with Gasteiger partial charge in [0.2, 0.25) is 5.91 Å². The number of rotatable bonds is 4. The van der Waals surface area contributed by atoms with Gasteiger partial charge >= 0.3 is 0 Å². The SMILES string of the molecule is CN(C(=O)[C@H](N)Cc1ccccc1)C1CCS(=O)(=O)C1. The molecule has 2 atom stereocenters. The van der Waals surface area contributed by atoms with Gasteiger partial charge in [-0.15, -0.1) is 0 Å². The largest absolute Gasteiger partial charge is 0.340 e. The van der Waals surface area contributed by atoms with Crippen LogP contribution in [0.15, 0.2) is 30.3 Å². The van der Waals surface area contributed by atoms with Gasteiger partial charge in [0.05, 0.1) is 17.5 Å². The summed E-state index contributed by atoms with van der Waals surface area (Å²) in [6, 6.07) is 8.69. The van der Waals surface area contributed by atoms with Crippen LogP contribution < -0.4 is 5.73 Å². The molecule has 0 radical (unpaired) electrons. The van der Waals surface area contributed by atoms with Crippen LogP contribution in [0.3, 0.4) is 0 Å². The molecule has 1 aromatic carbocycles. The zero-order chi connectivity index (χ0) is 14.8. The highest BCUT2D eigenvalue weighted by atomic mass is 32.2. The summed E-state index contributed by atoms with van der Waals surface area (Å²) < 4.78 is 22.9. The number of nitrogens with two attached hydrogens (primary N) is 1. The molecule has 5 nitrogen and oxygen atoms in total. The fourth-order valence-electron chi connectivity index (χ4n) is 2.48. The standard InChI is InChI=1S/C14H20N2O3S/c1-16(12-7-8-20(18,19)10-12)14(17)13(15)9-11-5-3-2-4-6-11/h2-6,12-13H,7-10,15H2,1H3/t12?,13-/m1/s1. The van der Waals surface area contributed by atoms with Crippen molar-refractivity contribution in [3.63, 3.8) is 0 Å². The smallest absolute Gasteiger partial charge is 0.239 e. The van der Waals surface area contributed by atoms with E-state index in [1.807, 2.05) is 30.3 Å². The predicted octanol–water partition coefficient (Wildman–Crippen LogP) is 0.202. The van der Waals surface area contributed by atoms with E-state index in [9.17, 15) is 13.2 Å². The highest BCUT2D eigenvalue weighted by Crippen LogP contribution is 2.17. The van der Waals surface area contributed by atoms with Gasteiger partial charge in [0.1, 0.15) is 0 Å². The van der Waals surface area contributed by atoms with Crippen LogP contribution in [-0.2, 0) is 21.1 Å². The quantitative estimate of drug-likeness (QED) is 0.861. The highest BCUT2D eigenvalue weighted by Gasteiger charge is 2.34. The van der Waals surface area contributed by atoms with Crippen molar-refractivity contribution < 1.29 is 13.2 Å². The van der Waals surface area contributed by atoms with E-state index in [2.05, 4.69) is 0 Å². The molecule has 0 bridgehead atoms. The number of nitrogens with zero attached hydrogens (tertiary/aromatic N) is 1. The maximum absolute atomic E-state index is 12.3. The summed E-state index contributed by atoms with van der Waals surface area (Å²) in [5.41, 5.74) is 6.95. The lowest BCUT2D eigenvalue weighted by Gasteiger charge is -2.26. The van der Waals surface area contributed by atoms with Gasteiger partial charge in [0, 0.05) is 13.1 Å². The van der Waals surface area contributed by atoms with Crippen molar-refractivity contribution in [2.45, 2.75) is 24.9 Å². The van der Waals surface area contributed by atoms with Crippen LogP contribution in [0.5, 0.6) is 0 Å². The van der Waals surface area contributed by atoms with Gasteiger partial charge in [0.25, 0.3) is 0 Å². The Bertz CT molecular complexity index is 571. The lowest BCUT2D eigenvalue weighted by atomic mass is 10.0. The van der Waals surface area contributed by atoms with Crippen molar-refractivity contribution >= 4 is 15.7 Å². The topological polar surface area (TPSA) is 80.5 Å². The molecule has 1 aromatic rings. The van der Waals surface area contributed by atoms with E-state index in [0.29, 0.717) is 12.8 Å². The molecule has 1 unspecified atom stereocenters. The summed E-state index contributed by atoms with van der Waals surface area (Å²) in [7, 11) is -1.36. The van der Waals surface area contributed by atoms with Crippen LogP contribution in [0.25, 0.3) is 0 Å². The summed E-state index contributed by atoms with van der Waals surface area (Å²) in [5.74, 6) is 0.00668. The molecule has 1 aliphatic heterocycles. The van der Waals surface area contributed by atoms with E-state index in [-0.39, 0.29) is 23.5 Å². The molecule has 0 aliphatic carbocycles. The molecule has 110 valence electrons. The van der Waals surface area contributed by atoms with Gasteiger partial charge in [-0.05, 0) is 18.4 Å². The van der Waals surface area contributed by atoms with Crippen molar-refractivity contribution in [2.75, 3.05) is 18.6 Å². The van der Waals surface area contributed by atoms with Gasteiger partial charge in [-0.25, -0.2) is 8.42 Å². The van der Waals surface area contributed by atoms with Crippen LogP contribution in [-0.4, -0.2) is 49.9 Å².